The van der Waals surface area contributed by atoms with E-state index in [9.17, 15) is 4.57 Å². The van der Waals surface area contributed by atoms with Crippen molar-refractivity contribution in [2.24, 2.45) is 4.99 Å². The molecular weight excluding hydrogens is 477 g/mol. The summed E-state index contributed by atoms with van der Waals surface area (Å²) < 4.78 is 26.3. The molecule has 1 saturated carbocycles. The molecule has 0 radical (unpaired) electrons. The van der Waals surface area contributed by atoms with E-state index in [1.165, 1.54) is 0 Å². The molecule has 1 aliphatic heterocycles. The third-order valence-electron chi connectivity index (χ3n) is 6.98. The summed E-state index contributed by atoms with van der Waals surface area (Å²) in [6.45, 7) is 8.44. The number of rotatable bonds is 8. The average molecular weight is 514 g/mol. The highest BCUT2D eigenvalue weighted by molar-refractivity contribution is 7.80. The number of anilines is 1. The zero-order valence-electron chi connectivity index (χ0n) is 21.1. The molecule has 2 aromatic carbocycles. The molecule has 0 unspecified atom stereocenters. The monoisotopic (exact) mass is 513 g/mol. The minimum absolute atomic E-state index is 0.280. The van der Waals surface area contributed by atoms with Gasteiger partial charge in [-0.15, -0.1) is 0 Å². The maximum absolute atomic E-state index is 14.4. The Labute approximate surface area is 214 Å². The van der Waals surface area contributed by atoms with Gasteiger partial charge in [-0.1, -0.05) is 67.8 Å². The summed E-state index contributed by atoms with van der Waals surface area (Å²) in [5, 5.41) is 4.09. The number of nitrogens with zero attached hydrogens (tertiary/aromatic N) is 2. The standard InChI is InChI=1S/C27H36N3O3PS/c1-5-32-34(31,33-6-2)24(22-16-9-7-10-17-22)30-26(35)29-25(27(30)18-11-8-12-19-27)28-23-20(3)14-13-15-21(23)4/h7,9-10,13-17,24H,5-6,8,11-12,18-19H2,1-4H3,(H,28,29,35)/t24-/m1/s1. The fraction of sp³-hybridized carbons (Fsp3) is 0.481. The lowest BCUT2D eigenvalue weighted by Gasteiger charge is -2.47. The number of aliphatic imine (C=N–C) groups is 1. The Morgan fingerprint density at radius 1 is 1.00 bits per heavy atom. The van der Waals surface area contributed by atoms with Gasteiger partial charge in [0, 0.05) is 5.69 Å². The zero-order chi connectivity index (χ0) is 25.1. The summed E-state index contributed by atoms with van der Waals surface area (Å²) in [7, 11) is -3.62. The molecule has 2 aromatic rings. The molecule has 1 atom stereocenters. The van der Waals surface area contributed by atoms with E-state index >= 15 is 0 Å². The van der Waals surface area contributed by atoms with E-state index in [-0.39, 0.29) is 13.2 Å². The van der Waals surface area contributed by atoms with E-state index in [2.05, 4.69) is 42.3 Å². The van der Waals surface area contributed by atoms with Gasteiger partial charge in [0.2, 0.25) is 0 Å². The van der Waals surface area contributed by atoms with Gasteiger partial charge >= 0.3 is 7.60 Å². The first-order chi connectivity index (χ1) is 16.9. The minimum Gasteiger partial charge on any atom is -0.341 e. The Bertz CT molecular complexity index is 1100. The summed E-state index contributed by atoms with van der Waals surface area (Å²) in [4.78, 5) is 7.02. The Morgan fingerprint density at radius 2 is 1.60 bits per heavy atom. The molecule has 6 nitrogen and oxygen atoms in total. The van der Waals surface area contributed by atoms with Gasteiger partial charge in [-0.3, -0.25) is 4.57 Å². The Balaban J connectivity index is 1.86. The molecule has 1 spiro atoms. The highest BCUT2D eigenvalue weighted by Crippen LogP contribution is 2.65. The van der Waals surface area contributed by atoms with Gasteiger partial charge in [0.05, 0.1) is 13.2 Å². The van der Waals surface area contributed by atoms with E-state index in [0.29, 0.717) is 5.11 Å². The van der Waals surface area contributed by atoms with Crippen LogP contribution in [0.3, 0.4) is 0 Å². The molecule has 0 amide bonds. The summed E-state index contributed by atoms with van der Waals surface area (Å²) in [5.41, 5.74) is 3.70. The minimum atomic E-state index is -3.62. The van der Waals surface area contributed by atoms with Gasteiger partial charge in [-0.2, -0.15) is 0 Å². The van der Waals surface area contributed by atoms with Gasteiger partial charge < -0.3 is 19.3 Å². The molecule has 1 fully saturated rings. The number of hydrogen-bond acceptors (Lipinski definition) is 5. The molecule has 188 valence electrons. The Hall–Kier alpha value is -2.05. The lowest BCUT2D eigenvalue weighted by Crippen LogP contribution is -2.56. The summed E-state index contributed by atoms with van der Waals surface area (Å²) >= 11 is 5.93. The van der Waals surface area contributed by atoms with Crippen LogP contribution in [0.15, 0.2) is 53.5 Å². The summed E-state index contributed by atoms with van der Waals surface area (Å²) in [6.07, 6.45) is 4.98. The predicted octanol–water partition coefficient (Wildman–Crippen LogP) is 7.38. The molecule has 0 aromatic heterocycles. The van der Waals surface area contributed by atoms with Crippen LogP contribution < -0.4 is 5.32 Å². The van der Waals surface area contributed by atoms with Crippen LogP contribution in [0.25, 0.3) is 0 Å². The highest BCUT2D eigenvalue weighted by atomic mass is 32.1. The fourth-order valence-electron chi connectivity index (χ4n) is 5.41. The molecule has 0 bridgehead atoms. The third kappa shape index (κ3) is 4.97. The number of para-hydroxylation sites is 1. The average Bonchev–Trinajstić information content (AvgIpc) is 3.08. The van der Waals surface area contributed by atoms with Crippen molar-refractivity contribution in [1.29, 1.82) is 0 Å². The van der Waals surface area contributed by atoms with Crippen LogP contribution in [0.5, 0.6) is 0 Å². The Kier molecular flexibility index (Phi) is 8.12. The molecule has 1 N–H and O–H groups in total. The second kappa shape index (κ2) is 10.9. The summed E-state index contributed by atoms with van der Waals surface area (Å²) in [5.74, 6) is 0.148. The first-order valence-corrected chi connectivity index (χ1v) is 14.6. The Morgan fingerprint density at radius 3 is 2.17 bits per heavy atom. The number of thiocarbonyl (C=S) groups is 1. The van der Waals surface area contributed by atoms with Gasteiger partial charge in [0.1, 0.15) is 11.4 Å². The number of nitrogens with one attached hydrogen (secondary N) is 1. The third-order valence-corrected chi connectivity index (χ3v) is 9.63. The normalized spacial score (nSPS) is 18.6. The van der Waals surface area contributed by atoms with Crippen molar-refractivity contribution >= 4 is 36.4 Å². The van der Waals surface area contributed by atoms with Crippen molar-refractivity contribution in [3.63, 3.8) is 0 Å². The second-order valence-electron chi connectivity index (χ2n) is 9.26. The quantitative estimate of drug-likeness (QED) is 0.293. The van der Waals surface area contributed by atoms with Gasteiger partial charge in [0.15, 0.2) is 10.9 Å². The van der Waals surface area contributed by atoms with Crippen molar-refractivity contribution in [1.82, 2.24) is 4.90 Å². The molecule has 2 aliphatic rings. The molecule has 35 heavy (non-hydrogen) atoms. The van der Waals surface area contributed by atoms with E-state index in [1.54, 1.807) is 0 Å². The number of amidine groups is 1. The highest BCUT2D eigenvalue weighted by Gasteiger charge is 2.56. The number of hydrogen-bond donors (Lipinski definition) is 1. The maximum atomic E-state index is 14.4. The van der Waals surface area contributed by atoms with Crippen molar-refractivity contribution in [3.05, 3.63) is 65.2 Å². The lowest BCUT2D eigenvalue weighted by molar-refractivity contribution is 0.141. The molecule has 1 aliphatic carbocycles. The first-order valence-electron chi connectivity index (χ1n) is 12.6. The van der Waals surface area contributed by atoms with Crippen molar-refractivity contribution in [2.45, 2.75) is 71.1 Å². The van der Waals surface area contributed by atoms with E-state index in [1.807, 2.05) is 44.2 Å². The topological polar surface area (TPSA) is 63.2 Å². The largest absolute Gasteiger partial charge is 0.357 e. The predicted molar refractivity (Wildman–Crippen MR) is 147 cm³/mol. The van der Waals surface area contributed by atoms with Crippen LogP contribution in [-0.4, -0.2) is 34.6 Å². The van der Waals surface area contributed by atoms with Crippen LogP contribution in [0.2, 0.25) is 0 Å². The van der Waals surface area contributed by atoms with Crippen molar-refractivity contribution in [3.8, 4) is 0 Å². The van der Waals surface area contributed by atoms with Gasteiger partial charge in [-0.05, 0) is 69.4 Å². The maximum Gasteiger partial charge on any atom is 0.357 e. The van der Waals surface area contributed by atoms with E-state index < -0.39 is 18.9 Å². The lowest BCUT2D eigenvalue weighted by atomic mass is 9.79. The number of aryl methyl sites for hydroxylation is 2. The summed E-state index contributed by atoms with van der Waals surface area (Å²) in [6, 6.07) is 16.1. The van der Waals surface area contributed by atoms with E-state index in [0.717, 1.165) is 60.3 Å². The molecule has 0 saturated heterocycles. The molecule has 8 heteroatoms. The van der Waals surface area contributed by atoms with Crippen molar-refractivity contribution < 1.29 is 13.6 Å². The molecular formula is C27H36N3O3PS. The molecule has 4 rings (SSSR count). The van der Waals surface area contributed by atoms with Crippen molar-refractivity contribution in [2.75, 3.05) is 18.5 Å². The van der Waals surface area contributed by atoms with E-state index in [4.69, 9.17) is 26.3 Å². The molecule has 1 heterocycles. The smallest absolute Gasteiger partial charge is 0.341 e. The first kappa shape index (κ1) is 26.0. The van der Waals surface area contributed by atoms with Crippen LogP contribution in [0.1, 0.15) is 68.4 Å². The van der Waals surface area contributed by atoms with Crippen LogP contribution in [0.4, 0.5) is 5.69 Å². The van der Waals surface area contributed by atoms with Crippen LogP contribution in [-0.2, 0) is 13.6 Å². The number of benzene rings is 2. The van der Waals surface area contributed by atoms with Crippen LogP contribution >= 0.6 is 19.8 Å². The van der Waals surface area contributed by atoms with Gasteiger partial charge in [0.25, 0.3) is 0 Å². The fourth-order valence-corrected chi connectivity index (χ4v) is 8.09. The van der Waals surface area contributed by atoms with Crippen LogP contribution in [0, 0.1) is 13.8 Å². The zero-order valence-corrected chi connectivity index (χ0v) is 22.8. The second-order valence-corrected chi connectivity index (χ2v) is 11.7. The SMILES string of the molecule is CCOP(=O)(OCC)[C@H](c1ccccc1)N1C(=S)N=C(Nc2c(C)cccc2C)C12CCCCC2. The van der Waals surface area contributed by atoms with Gasteiger partial charge in [-0.25, -0.2) is 4.99 Å².